The molecule has 0 aromatic heterocycles. The fourth-order valence-corrected chi connectivity index (χ4v) is 3.96. The van der Waals surface area contributed by atoms with Crippen LogP contribution in [0.15, 0.2) is 77.7 Å². The van der Waals surface area contributed by atoms with Crippen molar-refractivity contribution in [1.82, 2.24) is 5.32 Å². The van der Waals surface area contributed by atoms with E-state index in [2.05, 4.69) is 5.32 Å². The first-order valence-corrected chi connectivity index (χ1v) is 10.7. The third kappa shape index (κ3) is 6.87. The highest BCUT2D eigenvalue weighted by Crippen LogP contribution is 2.39. The van der Waals surface area contributed by atoms with Crippen LogP contribution in [0.3, 0.4) is 0 Å². The molecule has 0 aliphatic heterocycles. The molecule has 0 heterocycles. The lowest BCUT2D eigenvalue weighted by atomic mass is 9.99. The Morgan fingerprint density at radius 1 is 0.935 bits per heavy atom. The van der Waals surface area contributed by atoms with Crippen LogP contribution in [0, 0.1) is 0 Å². The fraction of sp³-hybridized carbons (Fsp3) is 0.208. The topological polar surface area (TPSA) is 49.3 Å². The van der Waals surface area contributed by atoms with Gasteiger partial charge in [-0.25, -0.2) is 0 Å². The molecule has 0 saturated heterocycles. The first-order chi connectivity index (χ1) is 14.8. The van der Waals surface area contributed by atoms with Crippen molar-refractivity contribution >= 4 is 17.7 Å². The van der Waals surface area contributed by atoms with E-state index in [1.807, 2.05) is 24.3 Å². The van der Waals surface area contributed by atoms with Gasteiger partial charge in [-0.05, 0) is 34.4 Å². The van der Waals surface area contributed by atoms with Crippen LogP contribution in [0.4, 0.5) is 13.2 Å². The average molecular weight is 446 g/mol. The van der Waals surface area contributed by atoms with Crippen molar-refractivity contribution < 1.29 is 23.1 Å². The van der Waals surface area contributed by atoms with Gasteiger partial charge in [0.05, 0.1) is 12.0 Å². The zero-order valence-electron chi connectivity index (χ0n) is 16.7. The van der Waals surface area contributed by atoms with Crippen molar-refractivity contribution in [2.45, 2.75) is 29.8 Å². The Kier molecular flexibility index (Phi) is 7.76. The van der Waals surface area contributed by atoms with Gasteiger partial charge in [-0.2, -0.15) is 13.2 Å². The molecule has 0 aliphatic carbocycles. The van der Waals surface area contributed by atoms with Crippen LogP contribution in [0.2, 0.25) is 0 Å². The summed E-state index contributed by atoms with van der Waals surface area (Å²) in [6.07, 6.45) is -4.37. The van der Waals surface area contributed by atoms with Crippen molar-refractivity contribution in [3.05, 3.63) is 89.5 Å². The minimum Gasteiger partial charge on any atom is -0.481 e. The maximum Gasteiger partial charge on any atom is 0.417 e. The first kappa shape index (κ1) is 22.9. The highest BCUT2D eigenvalue weighted by atomic mass is 32.2. The summed E-state index contributed by atoms with van der Waals surface area (Å²) in [5.41, 5.74) is 2.10. The van der Waals surface area contributed by atoms with Crippen molar-refractivity contribution in [3.63, 3.8) is 0 Å². The number of carboxylic acid groups (broad SMARTS) is 1. The van der Waals surface area contributed by atoms with E-state index >= 15 is 0 Å². The molecule has 0 amide bonds. The summed E-state index contributed by atoms with van der Waals surface area (Å²) in [4.78, 5) is 11.1. The van der Waals surface area contributed by atoms with Gasteiger partial charge < -0.3 is 10.4 Å². The van der Waals surface area contributed by atoms with Crippen molar-refractivity contribution in [3.8, 4) is 11.1 Å². The number of aliphatic carboxylic acids is 1. The number of carbonyl (C=O) groups is 1. The summed E-state index contributed by atoms with van der Waals surface area (Å²) in [6, 6.07) is 20.8. The zero-order valence-corrected chi connectivity index (χ0v) is 17.5. The Bertz CT molecular complexity index is 1010. The highest BCUT2D eigenvalue weighted by Gasteiger charge is 2.34. The van der Waals surface area contributed by atoms with E-state index in [4.69, 9.17) is 5.11 Å². The van der Waals surface area contributed by atoms with E-state index in [1.54, 1.807) is 36.4 Å². The molecular formula is C24H22F3NO2S. The van der Waals surface area contributed by atoms with Gasteiger partial charge in [0.15, 0.2) is 0 Å². The summed E-state index contributed by atoms with van der Waals surface area (Å²) < 4.78 is 40.9. The number of hydrogen-bond acceptors (Lipinski definition) is 3. The lowest BCUT2D eigenvalue weighted by molar-refractivity contribution is -0.138. The van der Waals surface area contributed by atoms with Crippen LogP contribution < -0.4 is 5.32 Å². The van der Waals surface area contributed by atoms with Gasteiger partial charge in [-0.1, -0.05) is 60.7 Å². The van der Waals surface area contributed by atoms with Gasteiger partial charge in [-0.3, -0.25) is 4.79 Å². The summed E-state index contributed by atoms with van der Waals surface area (Å²) in [6.45, 7) is 0.962. The van der Waals surface area contributed by atoms with Crippen LogP contribution in [0.25, 0.3) is 11.1 Å². The first-order valence-electron chi connectivity index (χ1n) is 9.73. The maximum absolute atomic E-state index is 13.6. The Hall–Kier alpha value is -2.77. The number of benzene rings is 3. The quantitative estimate of drug-likeness (QED) is 0.303. The predicted octanol–water partition coefficient (Wildman–Crippen LogP) is 6.23. The van der Waals surface area contributed by atoms with E-state index in [1.165, 1.54) is 23.9 Å². The Labute approximate surface area is 183 Å². The molecule has 2 N–H and O–H groups in total. The smallest absolute Gasteiger partial charge is 0.417 e. The normalized spacial score (nSPS) is 11.5. The van der Waals surface area contributed by atoms with Gasteiger partial charge >= 0.3 is 12.1 Å². The van der Waals surface area contributed by atoms with Crippen molar-refractivity contribution in [1.29, 1.82) is 0 Å². The van der Waals surface area contributed by atoms with Gasteiger partial charge in [0.2, 0.25) is 0 Å². The molecule has 31 heavy (non-hydrogen) atoms. The minimum atomic E-state index is -4.43. The van der Waals surface area contributed by atoms with Gasteiger partial charge in [-0.15, -0.1) is 11.8 Å². The van der Waals surface area contributed by atoms with Crippen molar-refractivity contribution in [2.24, 2.45) is 0 Å². The number of thioether (sulfide) groups is 1. The molecule has 0 bridgehead atoms. The monoisotopic (exact) mass is 445 g/mol. The third-order valence-corrected chi connectivity index (χ3v) is 5.72. The van der Waals surface area contributed by atoms with E-state index < -0.39 is 17.7 Å². The molecule has 7 heteroatoms. The molecule has 162 valence electrons. The van der Waals surface area contributed by atoms with Gasteiger partial charge in [0, 0.05) is 23.7 Å². The van der Waals surface area contributed by atoms with Crippen LogP contribution >= 0.6 is 11.8 Å². The molecule has 0 aliphatic rings. The van der Waals surface area contributed by atoms with Gasteiger partial charge in [0.25, 0.3) is 0 Å². The fourth-order valence-electron chi connectivity index (χ4n) is 3.07. The molecule has 3 rings (SSSR count). The van der Waals surface area contributed by atoms with E-state index in [0.717, 1.165) is 11.1 Å². The van der Waals surface area contributed by atoms with E-state index in [-0.39, 0.29) is 12.0 Å². The SMILES string of the molecule is O=C(O)CCNCc1ccc(CSc2ccc(-c3ccccc3)c(C(F)(F)F)c2)cc1. The lowest BCUT2D eigenvalue weighted by Crippen LogP contribution is -2.17. The highest BCUT2D eigenvalue weighted by molar-refractivity contribution is 7.98. The second-order valence-electron chi connectivity index (χ2n) is 7.00. The second kappa shape index (κ2) is 10.5. The third-order valence-electron chi connectivity index (χ3n) is 4.65. The molecule has 0 spiro atoms. The Morgan fingerprint density at radius 3 is 2.26 bits per heavy atom. The number of hydrogen-bond donors (Lipinski definition) is 2. The number of rotatable bonds is 9. The molecule has 3 aromatic carbocycles. The molecule has 0 unspecified atom stereocenters. The predicted molar refractivity (Wildman–Crippen MR) is 117 cm³/mol. The molecular weight excluding hydrogens is 423 g/mol. The molecule has 3 nitrogen and oxygen atoms in total. The summed E-state index contributed by atoms with van der Waals surface area (Å²) >= 11 is 1.36. The Balaban J connectivity index is 1.64. The number of nitrogens with one attached hydrogen (secondary N) is 1. The summed E-state index contributed by atoms with van der Waals surface area (Å²) in [7, 11) is 0. The zero-order chi connectivity index (χ0) is 22.3. The van der Waals surface area contributed by atoms with Crippen molar-refractivity contribution in [2.75, 3.05) is 6.54 Å². The minimum absolute atomic E-state index is 0.0672. The standard InChI is InChI=1S/C24H22F3NO2S/c25-24(26,27)22-14-20(10-11-21(22)19-4-2-1-3-5-19)31-16-18-8-6-17(7-9-18)15-28-13-12-23(29)30/h1-11,14,28H,12-13,15-16H2,(H,29,30). The van der Waals surface area contributed by atoms with E-state index in [0.29, 0.717) is 29.3 Å². The molecule has 3 aromatic rings. The second-order valence-corrected chi connectivity index (χ2v) is 8.05. The van der Waals surface area contributed by atoms with Crippen LogP contribution in [-0.4, -0.2) is 17.6 Å². The molecule has 0 atom stereocenters. The van der Waals surface area contributed by atoms with Gasteiger partial charge in [0.1, 0.15) is 0 Å². The summed E-state index contributed by atoms with van der Waals surface area (Å²) in [5, 5.41) is 11.7. The average Bonchev–Trinajstić information content (AvgIpc) is 2.76. The van der Waals surface area contributed by atoms with E-state index in [9.17, 15) is 18.0 Å². The lowest BCUT2D eigenvalue weighted by Gasteiger charge is -2.15. The van der Waals surface area contributed by atoms with Crippen LogP contribution in [-0.2, 0) is 23.3 Å². The number of halogens is 3. The molecule has 0 fully saturated rings. The molecule has 0 saturated carbocycles. The van der Waals surface area contributed by atoms with Crippen LogP contribution in [0.5, 0.6) is 0 Å². The largest absolute Gasteiger partial charge is 0.481 e. The maximum atomic E-state index is 13.6. The Morgan fingerprint density at radius 2 is 1.61 bits per heavy atom. The molecule has 0 radical (unpaired) electrons. The van der Waals surface area contributed by atoms with Crippen LogP contribution in [0.1, 0.15) is 23.1 Å². The number of carboxylic acids is 1. The summed E-state index contributed by atoms with van der Waals surface area (Å²) in [5.74, 6) is -0.292. The number of alkyl halides is 3.